The normalized spacial score (nSPS) is 10.3. The van der Waals surface area contributed by atoms with Crippen LogP contribution in [-0.4, -0.2) is 9.97 Å². The largest absolute Gasteiger partial charge is 0.308 e. The van der Waals surface area contributed by atoms with Gasteiger partial charge in [0.05, 0.1) is 0 Å². The highest BCUT2D eigenvalue weighted by atomic mass is 19.1. The predicted octanol–water partition coefficient (Wildman–Crippen LogP) is 1.88. The molecule has 0 unspecified atom stereocenters. The third kappa shape index (κ3) is 1.79. The van der Waals surface area contributed by atoms with Crippen LogP contribution in [0.15, 0.2) is 35.1 Å². The highest BCUT2D eigenvalue weighted by Crippen LogP contribution is 2.17. The van der Waals surface area contributed by atoms with Gasteiger partial charge in [0.2, 0.25) is 5.82 Å². The molecule has 0 saturated heterocycles. The van der Waals surface area contributed by atoms with E-state index in [-0.39, 0.29) is 5.69 Å². The Labute approximate surface area is 85.6 Å². The predicted molar refractivity (Wildman–Crippen MR) is 55.0 cm³/mol. The molecule has 2 aromatic rings. The van der Waals surface area contributed by atoms with Gasteiger partial charge in [-0.1, -0.05) is 30.3 Å². The third-order valence-corrected chi connectivity index (χ3v) is 2.03. The molecule has 0 radical (unpaired) electrons. The second-order valence-electron chi connectivity index (χ2n) is 3.18. The van der Waals surface area contributed by atoms with Gasteiger partial charge < -0.3 is 4.98 Å². The van der Waals surface area contributed by atoms with Crippen LogP contribution in [0.4, 0.5) is 4.39 Å². The minimum atomic E-state index is -0.841. The second kappa shape index (κ2) is 3.65. The molecule has 1 N–H and O–H groups in total. The molecule has 0 spiro atoms. The summed E-state index contributed by atoms with van der Waals surface area (Å²) in [5.74, 6) is -0.438. The van der Waals surface area contributed by atoms with Crippen molar-refractivity contribution in [1.82, 2.24) is 9.97 Å². The van der Waals surface area contributed by atoms with Crippen LogP contribution in [0.2, 0.25) is 0 Å². The number of nitrogens with one attached hydrogen (secondary N) is 1. The highest BCUT2D eigenvalue weighted by Gasteiger charge is 2.10. The molecule has 3 nitrogen and oxygen atoms in total. The van der Waals surface area contributed by atoms with E-state index in [2.05, 4.69) is 9.97 Å². The zero-order valence-corrected chi connectivity index (χ0v) is 8.12. The molecule has 1 aromatic heterocycles. The quantitative estimate of drug-likeness (QED) is 0.770. The Bertz CT molecular complexity index is 534. The standard InChI is InChI=1S/C11H9FN2O/c1-7-13-10(9(12)11(15)14-7)8-5-3-2-4-6-8/h2-6H,1H3,(H,13,14,15). The molecule has 1 heterocycles. The molecule has 0 saturated carbocycles. The molecule has 76 valence electrons. The first-order valence-corrected chi connectivity index (χ1v) is 4.50. The smallest absolute Gasteiger partial charge is 0.287 e. The fourth-order valence-corrected chi connectivity index (χ4v) is 1.36. The zero-order valence-electron chi connectivity index (χ0n) is 8.12. The molecule has 2 rings (SSSR count). The Kier molecular flexibility index (Phi) is 2.33. The molecule has 0 aliphatic heterocycles. The molecule has 15 heavy (non-hydrogen) atoms. The summed E-state index contributed by atoms with van der Waals surface area (Å²) in [6, 6.07) is 8.79. The number of benzene rings is 1. The van der Waals surface area contributed by atoms with Gasteiger partial charge in [-0.25, -0.2) is 4.98 Å². The van der Waals surface area contributed by atoms with Crippen LogP contribution in [0.5, 0.6) is 0 Å². The van der Waals surface area contributed by atoms with Crippen LogP contribution < -0.4 is 5.56 Å². The van der Waals surface area contributed by atoms with Gasteiger partial charge in [-0.15, -0.1) is 0 Å². The monoisotopic (exact) mass is 204 g/mol. The summed E-state index contributed by atoms with van der Waals surface area (Å²) in [7, 11) is 0. The summed E-state index contributed by atoms with van der Waals surface area (Å²) < 4.78 is 13.5. The molecule has 4 heteroatoms. The number of aryl methyl sites for hydroxylation is 1. The van der Waals surface area contributed by atoms with E-state index >= 15 is 0 Å². The van der Waals surface area contributed by atoms with Gasteiger partial charge >= 0.3 is 0 Å². The van der Waals surface area contributed by atoms with E-state index < -0.39 is 11.4 Å². The van der Waals surface area contributed by atoms with Gasteiger partial charge in [-0.05, 0) is 6.92 Å². The Hall–Kier alpha value is -1.97. The molecular weight excluding hydrogens is 195 g/mol. The third-order valence-electron chi connectivity index (χ3n) is 2.03. The van der Waals surface area contributed by atoms with Crippen molar-refractivity contribution < 1.29 is 4.39 Å². The number of hydrogen-bond acceptors (Lipinski definition) is 2. The fraction of sp³-hybridized carbons (Fsp3) is 0.0909. The number of H-pyrrole nitrogens is 1. The maximum absolute atomic E-state index is 13.5. The SMILES string of the molecule is Cc1nc(-c2ccccc2)c(F)c(=O)[nH]1. The molecule has 0 aliphatic carbocycles. The van der Waals surface area contributed by atoms with Crippen molar-refractivity contribution in [2.24, 2.45) is 0 Å². The number of halogens is 1. The minimum Gasteiger partial charge on any atom is -0.308 e. The number of hydrogen-bond donors (Lipinski definition) is 1. The minimum absolute atomic E-state index is 0.0943. The molecule has 1 aromatic carbocycles. The van der Waals surface area contributed by atoms with E-state index in [1.807, 2.05) is 6.07 Å². The number of aromatic nitrogens is 2. The second-order valence-corrected chi connectivity index (χ2v) is 3.18. The molecule has 0 amide bonds. The lowest BCUT2D eigenvalue weighted by Crippen LogP contribution is -2.15. The van der Waals surface area contributed by atoms with Gasteiger partial charge in [0.1, 0.15) is 11.5 Å². The van der Waals surface area contributed by atoms with Gasteiger partial charge in [0, 0.05) is 5.56 Å². The van der Waals surface area contributed by atoms with Crippen LogP contribution in [0, 0.1) is 12.7 Å². The number of nitrogens with zero attached hydrogens (tertiary/aromatic N) is 1. The molecule has 0 bridgehead atoms. The Morgan fingerprint density at radius 1 is 1.27 bits per heavy atom. The van der Waals surface area contributed by atoms with Crippen molar-refractivity contribution in [3.63, 3.8) is 0 Å². The topological polar surface area (TPSA) is 45.8 Å². The number of aromatic amines is 1. The Balaban J connectivity index is 2.68. The van der Waals surface area contributed by atoms with E-state index in [9.17, 15) is 9.18 Å². The Morgan fingerprint density at radius 3 is 2.60 bits per heavy atom. The maximum Gasteiger partial charge on any atom is 0.287 e. The van der Waals surface area contributed by atoms with Gasteiger partial charge in [0.15, 0.2) is 0 Å². The van der Waals surface area contributed by atoms with E-state index in [4.69, 9.17) is 0 Å². The summed E-state index contributed by atoms with van der Waals surface area (Å²) >= 11 is 0. The van der Waals surface area contributed by atoms with Crippen LogP contribution in [-0.2, 0) is 0 Å². The zero-order chi connectivity index (χ0) is 10.8. The van der Waals surface area contributed by atoms with Gasteiger partial charge in [-0.2, -0.15) is 4.39 Å². The van der Waals surface area contributed by atoms with E-state index in [0.29, 0.717) is 11.4 Å². The maximum atomic E-state index is 13.5. The lowest BCUT2D eigenvalue weighted by molar-refractivity contribution is 0.602. The van der Waals surface area contributed by atoms with Crippen LogP contribution >= 0.6 is 0 Å². The van der Waals surface area contributed by atoms with Crippen LogP contribution in [0.3, 0.4) is 0 Å². The average Bonchev–Trinajstić information content (AvgIpc) is 2.24. The number of rotatable bonds is 1. The van der Waals surface area contributed by atoms with E-state index in [1.54, 1.807) is 31.2 Å². The summed E-state index contributed by atoms with van der Waals surface area (Å²) in [4.78, 5) is 17.4. The van der Waals surface area contributed by atoms with Gasteiger partial charge in [-0.3, -0.25) is 4.79 Å². The van der Waals surface area contributed by atoms with Crippen molar-refractivity contribution in [3.05, 3.63) is 52.3 Å². The summed E-state index contributed by atoms with van der Waals surface area (Å²) in [5.41, 5.74) is -0.0394. The average molecular weight is 204 g/mol. The van der Waals surface area contributed by atoms with Crippen molar-refractivity contribution in [3.8, 4) is 11.3 Å². The lowest BCUT2D eigenvalue weighted by atomic mass is 10.1. The van der Waals surface area contributed by atoms with Crippen molar-refractivity contribution in [2.45, 2.75) is 6.92 Å². The van der Waals surface area contributed by atoms with Crippen LogP contribution in [0.25, 0.3) is 11.3 Å². The summed E-state index contributed by atoms with van der Waals surface area (Å²) in [6.07, 6.45) is 0. The summed E-state index contributed by atoms with van der Waals surface area (Å²) in [6.45, 7) is 1.62. The van der Waals surface area contributed by atoms with Gasteiger partial charge in [0.25, 0.3) is 5.56 Å². The highest BCUT2D eigenvalue weighted by molar-refractivity contribution is 5.58. The molecular formula is C11H9FN2O. The fourth-order valence-electron chi connectivity index (χ4n) is 1.36. The van der Waals surface area contributed by atoms with Crippen molar-refractivity contribution in [2.75, 3.05) is 0 Å². The Morgan fingerprint density at radius 2 is 1.93 bits per heavy atom. The van der Waals surface area contributed by atoms with E-state index in [0.717, 1.165) is 0 Å². The lowest BCUT2D eigenvalue weighted by Gasteiger charge is -2.02. The molecule has 0 aliphatic rings. The van der Waals surface area contributed by atoms with Crippen molar-refractivity contribution in [1.29, 1.82) is 0 Å². The van der Waals surface area contributed by atoms with Crippen LogP contribution in [0.1, 0.15) is 5.82 Å². The first kappa shape index (κ1) is 9.58. The first-order chi connectivity index (χ1) is 7.18. The molecule has 0 atom stereocenters. The van der Waals surface area contributed by atoms with Crippen molar-refractivity contribution >= 4 is 0 Å². The molecule has 0 fully saturated rings. The first-order valence-electron chi connectivity index (χ1n) is 4.50. The summed E-state index contributed by atoms with van der Waals surface area (Å²) in [5, 5.41) is 0. The van der Waals surface area contributed by atoms with E-state index in [1.165, 1.54) is 0 Å².